The molecule has 0 spiro atoms. The average molecular weight is 367 g/mol. The molecule has 0 aromatic carbocycles. The van der Waals surface area contributed by atoms with Gasteiger partial charge in [-0.05, 0) is 24.6 Å². The summed E-state index contributed by atoms with van der Waals surface area (Å²) in [5, 5.41) is 9.79. The Labute approximate surface area is 148 Å². The van der Waals surface area contributed by atoms with Crippen molar-refractivity contribution in [3.8, 4) is 0 Å². The molecule has 2 aromatic heterocycles. The fourth-order valence-corrected chi connectivity index (χ4v) is 4.56. The number of nitrogens with zero attached hydrogens (tertiary/aromatic N) is 4. The second kappa shape index (κ2) is 6.41. The average Bonchev–Trinajstić information content (AvgIpc) is 3.08. The van der Waals surface area contributed by atoms with E-state index in [0.717, 1.165) is 0 Å². The van der Waals surface area contributed by atoms with Crippen LogP contribution >= 0.6 is 0 Å². The number of aliphatic hydroxyl groups excluding tert-OH is 1. The van der Waals surface area contributed by atoms with Crippen molar-refractivity contribution in [2.24, 2.45) is 5.92 Å². The van der Waals surface area contributed by atoms with Crippen LogP contribution in [0.2, 0.25) is 18.1 Å². The number of fused-ring (bicyclic) bond motifs is 1. The summed E-state index contributed by atoms with van der Waals surface area (Å²) in [7, 11) is -2.14. The third kappa shape index (κ3) is 3.22. The van der Waals surface area contributed by atoms with Gasteiger partial charge in [-0.15, -0.1) is 0 Å². The summed E-state index contributed by atoms with van der Waals surface area (Å²) in [5.41, 5.74) is 1.26. The fraction of sp³-hybridized carbons (Fsp3) is 0.706. The van der Waals surface area contributed by atoms with Gasteiger partial charge in [0.15, 0.2) is 14.0 Å². The predicted octanol–water partition coefficient (Wildman–Crippen LogP) is 3.11. The molecule has 8 heteroatoms. The molecule has 0 radical (unpaired) electrons. The number of hydrogen-bond acceptors (Lipinski definition) is 5. The Kier molecular flexibility index (Phi) is 4.72. The third-order valence-corrected chi connectivity index (χ3v) is 10.2. The molecule has 6 nitrogen and oxygen atoms in total. The molecule has 0 aliphatic heterocycles. The maximum absolute atomic E-state index is 15.4. The molecule has 1 aliphatic rings. The molecule has 4 atom stereocenters. The van der Waals surface area contributed by atoms with Crippen LogP contribution in [0.15, 0.2) is 18.9 Å². The SMILES string of the molecule is CC(C)(C)[Si](C)(C)OC1[C@@H](CO)C[C@@H](n2cnc3cncnc32)[C@@H]1F. The topological polar surface area (TPSA) is 73.1 Å². The Bertz CT molecular complexity index is 746. The summed E-state index contributed by atoms with van der Waals surface area (Å²) in [5.74, 6) is -0.228. The van der Waals surface area contributed by atoms with E-state index in [1.165, 1.54) is 6.33 Å². The number of imidazole rings is 1. The van der Waals surface area contributed by atoms with Crippen LogP contribution in [0.4, 0.5) is 4.39 Å². The first-order valence-corrected chi connectivity index (χ1v) is 11.6. The van der Waals surface area contributed by atoms with Crippen LogP contribution in [0.1, 0.15) is 33.2 Å². The molecule has 1 aliphatic carbocycles. The highest BCUT2D eigenvalue weighted by Gasteiger charge is 2.50. The van der Waals surface area contributed by atoms with E-state index in [1.54, 1.807) is 17.1 Å². The molecule has 3 rings (SSSR count). The van der Waals surface area contributed by atoms with E-state index in [2.05, 4.69) is 48.8 Å². The zero-order valence-corrected chi connectivity index (χ0v) is 16.5. The molecule has 1 saturated carbocycles. The largest absolute Gasteiger partial charge is 0.411 e. The number of rotatable bonds is 4. The molecule has 1 unspecified atom stereocenters. The van der Waals surface area contributed by atoms with Crippen LogP contribution in [0.25, 0.3) is 11.2 Å². The highest BCUT2D eigenvalue weighted by molar-refractivity contribution is 6.74. The van der Waals surface area contributed by atoms with Crippen molar-refractivity contribution in [2.75, 3.05) is 6.61 Å². The first-order valence-electron chi connectivity index (χ1n) is 8.71. The number of aliphatic hydroxyl groups is 1. The lowest BCUT2D eigenvalue weighted by Crippen LogP contribution is -2.47. The summed E-state index contributed by atoms with van der Waals surface area (Å²) < 4.78 is 23.5. The summed E-state index contributed by atoms with van der Waals surface area (Å²) in [6.45, 7) is 10.5. The lowest BCUT2D eigenvalue weighted by Gasteiger charge is -2.40. The number of hydrogen-bond donors (Lipinski definition) is 1. The second-order valence-electron chi connectivity index (χ2n) is 8.42. The third-order valence-electron chi connectivity index (χ3n) is 5.76. The first-order chi connectivity index (χ1) is 11.7. The van der Waals surface area contributed by atoms with Crippen molar-refractivity contribution in [2.45, 2.75) is 63.6 Å². The van der Waals surface area contributed by atoms with Crippen LogP contribution in [-0.2, 0) is 4.43 Å². The quantitative estimate of drug-likeness (QED) is 0.842. The molecule has 1 fully saturated rings. The Morgan fingerprint density at radius 3 is 2.72 bits per heavy atom. The molecule has 0 bridgehead atoms. The van der Waals surface area contributed by atoms with Crippen LogP contribution in [-0.4, -0.2) is 51.8 Å². The van der Waals surface area contributed by atoms with Crippen molar-refractivity contribution in [1.29, 1.82) is 0 Å². The highest BCUT2D eigenvalue weighted by Crippen LogP contribution is 2.45. The fourth-order valence-electron chi connectivity index (χ4n) is 3.20. The van der Waals surface area contributed by atoms with E-state index in [1.807, 2.05) is 0 Å². The van der Waals surface area contributed by atoms with E-state index in [0.29, 0.717) is 17.6 Å². The zero-order chi connectivity index (χ0) is 18.4. The first kappa shape index (κ1) is 18.4. The maximum atomic E-state index is 15.4. The predicted molar refractivity (Wildman–Crippen MR) is 96.5 cm³/mol. The summed E-state index contributed by atoms with van der Waals surface area (Å²) in [6, 6.07) is -0.438. The molecule has 0 saturated heterocycles. The normalized spacial score (nSPS) is 28.0. The van der Waals surface area contributed by atoms with Crippen molar-refractivity contribution in [3.05, 3.63) is 18.9 Å². The van der Waals surface area contributed by atoms with Crippen molar-refractivity contribution in [1.82, 2.24) is 19.5 Å². The van der Waals surface area contributed by atoms with Gasteiger partial charge in [0.1, 0.15) is 18.0 Å². The zero-order valence-electron chi connectivity index (χ0n) is 15.5. The van der Waals surface area contributed by atoms with E-state index in [9.17, 15) is 5.11 Å². The van der Waals surface area contributed by atoms with E-state index in [4.69, 9.17) is 4.43 Å². The molecule has 1 N–H and O–H groups in total. The van der Waals surface area contributed by atoms with Crippen molar-refractivity contribution in [3.63, 3.8) is 0 Å². The minimum atomic E-state index is -2.14. The van der Waals surface area contributed by atoms with Gasteiger partial charge in [0.2, 0.25) is 0 Å². The number of alkyl halides is 1. The van der Waals surface area contributed by atoms with Gasteiger partial charge in [0.05, 0.1) is 24.7 Å². The van der Waals surface area contributed by atoms with Crippen LogP contribution in [0.5, 0.6) is 0 Å². The lowest BCUT2D eigenvalue weighted by molar-refractivity contribution is 0.0486. The Balaban J connectivity index is 1.90. The van der Waals surface area contributed by atoms with Gasteiger partial charge in [0.25, 0.3) is 0 Å². The van der Waals surface area contributed by atoms with Gasteiger partial charge in [-0.2, -0.15) is 0 Å². The minimum Gasteiger partial charge on any atom is -0.411 e. The van der Waals surface area contributed by atoms with E-state index >= 15 is 4.39 Å². The molecular formula is C17H27FN4O2Si. The van der Waals surface area contributed by atoms with E-state index in [-0.39, 0.29) is 17.6 Å². The van der Waals surface area contributed by atoms with Gasteiger partial charge in [-0.1, -0.05) is 20.8 Å². The van der Waals surface area contributed by atoms with Gasteiger partial charge >= 0.3 is 0 Å². The molecule has 0 amide bonds. The van der Waals surface area contributed by atoms with Crippen LogP contribution in [0.3, 0.4) is 0 Å². The Hall–Kier alpha value is -1.38. The summed E-state index contributed by atoms with van der Waals surface area (Å²) in [6.07, 6.45) is 3.37. The highest BCUT2D eigenvalue weighted by atomic mass is 28.4. The summed E-state index contributed by atoms with van der Waals surface area (Å²) in [4.78, 5) is 12.5. The molecule has 138 valence electrons. The van der Waals surface area contributed by atoms with Crippen LogP contribution in [0, 0.1) is 5.92 Å². The Morgan fingerprint density at radius 2 is 2.08 bits per heavy atom. The maximum Gasteiger partial charge on any atom is 0.192 e. The van der Waals surface area contributed by atoms with E-state index < -0.39 is 26.6 Å². The molecular weight excluding hydrogens is 339 g/mol. The second-order valence-corrected chi connectivity index (χ2v) is 13.2. The molecule has 2 aromatic rings. The Morgan fingerprint density at radius 1 is 1.36 bits per heavy atom. The van der Waals surface area contributed by atoms with Crippen molar-refractivity contribution < 1.29 is 13.9 Å². The smallest absolute Gasteiger partial charge is 0.192 e. The van der Waals surface area contributed by atoms with Gasteiger partial charge in [-0.25, -0.2) is 19.3 Å². The van der Waals surface area contributed by atoms with Gasteiger partial charge in [0, 0.05) is 12.5 Å². The molecule has 25 heavy (non-hydrogen) atoms. The van der Waals surface area contributed by atoms with Crippen molar-refractivity contribution >= 4 is 19.5 Å². The minimum absolute atomic E-state index is 0.0141. The van der Waals surface area contributed by atoms with Crippen LogP contribution < -0.4 is 0 Å². The summed E-state index contributed by atoms with van der Waals surface area (Å²) >= 11 is 0. The molecule has 2 heterocycles. The monoisotopic (exact) mass is 366 g/mol. The standard InChI is InChI=1S/C17H27FN4O2Si/c1-17(2,3)25(4,5)24-15-11(8-23)6-13(14(15)18)22-10-21-12-7-19-9-20-16(12)22/h7,9-11,13-15,23H,6,8H2,1-5H3/t11-,13-,14+,15?/m1/s1. The lowest BCUT2D eigenvalue weighted by atomic mass is 10.1. The number of halogens is 1. The van der Waals surface area contributed by atoms with Gasteiger partial charge in [-0.3, -0.25) is 0 Å². The number of aromatic nitrogens is 4. The van der Waals surface area contributed by atoms with Gasteiger partial charge < -0.3 is 14.1 Å².